The largest absolute Gasteiger partial charge is 0.399 e. The lowest BCUT2D eigenvalue weighted by molar-refractivity contribution is 1.09. The van der Waals surface area contributed by atoms with Crippen LogP contribution >= 0.6 is 0 Å². The molecule has 0 aromatic carbocycles. The Labute approximate surface area is 65.8 Å². The van der Waals surface area contributed by atoms with Crippen LogP contribution in [-0.4, -0.2) is 12.8 Å². The van der Waals surface area contributed by atoms with E-state index < -0.39 is 0 Å². The summed E-state index contributed by atoms with van der Waals surface area (Å²) >= 11 is 0. The monoisotopic (exact) mass is 149 g/mol. The lowest BCUT2D eigenvalue weighted by Gasteiger charge is -2.06. The number of hydrogen-bond acceptors (Lipinski definition) is 3. The average molecular weight is 149 g/mol. The van der Waals surface area contributed by atoms with E-state index in [-0.39, 0.29) is 0 Å². The number of rotatable bonds is 1. The molecule has 3 heteroatoms. The second-order valence-corrected chi connectivity index (χ2v) is 2.28. The molecular formula is C8H11N3. The van der Waals surface area contributed by atoms with Gasteiger partial charge in [-0.25, -0.2) is 0 Å². The first kappa shape index (κ1) is 7.60. The lowest BCUT2D eigenvalue weighted by Crippen LogP contribution is -2.08. The summed E-state index contributed by atoms with van der Waals surface area (Å²) in [6.45, 7) is 0. The van der Waals surface area contributed by atoms with Gasteiger partial charge in [-0.3, -0.25) is 0 Å². The summed E-state index contributed by atoms with van der Waals surface area (Å²) in [4.78, 5) is 0. The molecule has 0 aromatic rings. The van der Waals surface area contributed by atoms with E-state index in [4.69, 9.17) is 11.1 Å². The van der Waals surface area contributed by atoms with Crippen LogP contribution in [-0.2, 0) is 0 Å². The van der Waals surface area contributed by atoms with Crippen molar-refractivity contribution in [3.63, 3.8) is 0 Å². The number of nitrogens with two attached hydrogens (primary N) is 1. The van der Waals surface area contributed by atoms with Crippen LogP contribution in [0, 0.1) is 5.41 Å². The molecule has 0 aromatic heterocycles. The molecule has 0 heterocycles. The van der Waals surface area contributed by atoms with Crippen LogP contribution in [0.2, 0.25) is 0 Å². The van der Waals surface area contributed by atoms with E-state index in [0.29, 0.717) is 11.4 Å². The summed E-state index contributed by atoms with van der Waals surface area (Å²) in [5.41, 5.74) is 7.39. The van der Waals surface area contributed by atoms with Gasteiger partial charge in [0.1, 0.15) is 0 Å². The highest BCUT2D eigenvalue weighted by Crippen LogP contribution is 2.07. The normalized spacial score (nSPS) is 20.3. The molecule has 1 aliphatic carbocycles. The SMILES string of the molecule is CN/C=C1/C=CC(N)=CC1=N. The molecule has 0 atom stereocenters. The van der Waals surface area contributed by atoms with Gasteiger partial charge < -0.3 is 16.5 Å². The van der Waals surface area contributed by atoms with E-state index in [9.17, 15) is 0 Å². The van der Waals surface area contributed by atoms with Crippen LogP contribution in [0.1, 0.15) is 0 Å². The highest BCUT2D eigenvalue weighted by Gasteiger charge is 2.03. The van der Waals surface area contributed by atoms with Gasteiger partial charge in [-0.1, -0.05) is 0 Å². The van der Waals surface area contributed by atoms with Gasteiger partial charge in [0, 0.05) is 24.5 Å². The Morgan fingerprint density at radius 3 is 2.82 bits per heavy atom. The zero-order chi connectivity index (χ0) is 8.27. The Morgan fingerprint density at radius 2 is 2.27 bits per heavy atom. The number of allylic oxidation sites excluding steroid dienone is 4. The van der Waals surface area contributed by atoms with Gasteiger partial charge in [-0.2, -0.15) is 0 Å². The number of hydrogen-bond donors (Lipinski definition) is 3. The maximum Gasteiger partial charge on any atom is 0.0647 e. The number of nitrogens with one attached hydrogen (secondary N) is 2. The van der Waals surface area contributed by atoms with E-state index in [1.807, 2.05) is 6.08 Å². The van der Waals surface area contributed by atoms with Gasteiger partial charge in [0.2, 0.25) is 0 Å². The van der Waals surface area contributed by atoms with Crippen molar-refractivity contribution in [3.05, 3.63) is 35.7 Å². The minimum Gasteiger partial charge on any atom is -0.399 e. The highest BCUT2D eigenvalue weighted by molar-refractivity contribution is 6.09. The maximum absolute atomic E-state index is 7.46. The van der Waals surface area contributed by atoms with Crippen molar-refractivity contribution >= 4 is 5.71 Å². The van der Waals surface area contributed by atoms with Gasteiger partial charge in [0.15, 0.2) is 0 Å². The third kappa shape index (κ3) is 1.70. The minimum absolute atomic E-state index is 0.444. The first-order valence-corrected chi connectivity index (χ1v) is 3.35. The molecule has 0 saturated heterocycles. The van der Waals surface area contributed by atoms with Crippen molar-refractivity contribution in [2.75, 3.05) is 7.05 Å². The van der Waals surface area contributed by atoms with Crippen LogP contribution in [0.5, 0.6) is 0 Å². The molecule has 0 aliphatic heterocycles. The second kappa shape index (κ2) is 3.05. The minimum atomic E-state index is 0.444. The molecule has 0 bridgehead atoms. The highest BCUT2D eigenvalue weighted by atomic mass is 14.8. The molecule has 0 unspecified atom stereocenters. The summed E-state index contributed by atoms with van der Waals surface area (Å²) in [5.74, 6) is 0. The third-order valence-electron chi connectivity index (χ3n) is 1.38. The lowest BCUT2D eigenvalue weighted by atomic mass is 10.1. The zero-order valence-electron chi connectivity index (χ0n) is 6.39. The Kier molecular flexibility index (Phi) is 2.11. The van der Waals surface area contributed by atoms with Crippen molar-refractivity contribution in [1.29, 1.82) is 5.41 Å². The summed E-state index contributed by atoms with van der Waals surface area (Å²) < 4.78 is 0. The summed E-state index contributed by atoms with van der Waals surface area (Å²) in [6, 6.07) is 0. The Hall–Kier alpha value is -1.51. The molecule has 0 fully saturated rings. The van der Waals surface area contributed by atoms with E-state index in [1.54, 1.807) is 25.4 Å². The predicted octanol–water partition coefficient (Wildman–Crippen LogP) is 0.522. The summed E-state index contributed by atoms with van der Waals surface area (Å²) in [6.07, 6.45) is 6.99. The van der Waals surface area contributed by atoms with Crippen molar-refractivity contribution in [2.24, 2.45) is 5.73 Å². The Morgan fingerprint density at radius 1 is 1.55 bits per heavy atom. The standard InChI is InChI=1S/C8H11N3/c1-11-5-6-2-3-7(9)4-8(6)10/h2-5,10-11H,9H2,1H3/b6-5-,10-8?. The van der Waals surface area contributed by atoms with E-state index in [2.05, 4.69) is 5.32 Å². The molecule has 0 radical (unpaired) electrons. The van der Waals surface area contributed by atoms with E-state index in [0.717, 1.165) is 5.57 Å². The molecule has 0 spiro atoms. The van der Waals surface area contributed by atoms with Gasteiger partial charge in [-0.05, 0) is 18.2 Å². The molecule has 4 N–H and O–H groups in total. The van der Waals surface area contributed by atoms with E-state index in [1.165, 1.54) is 0 Å². The van der Waals surface area contributed by atoms with Crippen LogP contribution in [0.25, 0.3) is 0 Å². The summed E-state index contributed by atoms with van der Waals surface area (Å²) in [7, 11) is 1.80. The van der Waals surface area contributed by atoms with Crippen LogP contribution in [0.3, 0.4) is 0 Å². The molecule has 1 rings (SSSR count). The third-order valence-corrected chi connectivity index (χ3v) is 1.38. The Balaban J connectivity index is 2.86. The quantitative estimate of drug-likeness (QED) is 0.509. The molecule has 0 saturated carbocycles. The fourth-order valence-corrected chi connectivity index (χ4v) is 0.855. The first-order valence-electron chi connectivity index (χ1n) is 3.35. The smallest absolute Gasteiger partial charge is 0.0647 e. The van der Waals surface area contributed by atoms with Crippen LogP contribution in [0.15, 0.2) is 35.7 Å². The maximum atomic E-state index is 7.46. The fraction of sp³-hybridized carbons (Fsp3) is 0.125. The van der Waals surface area contributed by atoms with Crippen molar-refractivity contribution in [3.8, 4) is 0 Å². The molecule has 3 nitrogen and oxygen atoms in total. The molecule has 0 amide bonds. The average Bonchev–Trinajstić information content (AvgIpc) is 1.95. The fourth-order valence-electron chi connectivity index (χ4n) is 0.855. The summed E-state index contributed by atoms with van der Waals surface area (Å²) in [5, 5.41) is 10.3. The van der Waals surface area contributed by atoms with Crippen molar-refractivity contribution in [1.82, 2.24) is 5.32 Å². The van der Waals surface area contributed by atoms with Gasteiger partial charge in [0.25, 0.3) is 0 Å². The van der Waals surface area contributed by atoms with Gasteiger partial charge in [-0.15, -0.1) is 0 Å². The zero-order valence-corrected chi connectivity index (χ0v) is 6.39. The van der Waals surface area contributed by atoms with Gasteiger partial charge >= 0.3 is 0 Å². The van der Waals surface area contributed by atoms with Crippen LogP contribution < -0.4 is 11.1 Å². The molecule has 11 heavy (non-hydrogen) atoms. The van der Waals surface area contributed by atoms with E-state index >= 15 is 0 Å². The molecule has 58 valence electrons. The van der Waals surface area contributed by atoms with Crippen LogP contribution in [0.4, 0.5) is 0 Å². The molecular weight excluding hydrogens is 138 g/mol. The van der Waals surface area contributed by atoms with Crippen molar-refractivity contribution in [2.45, 2.75) is 0 Å². The second-order valence-electron chi connectivity index (χ2n) is 2.28. The predicted molar refractivity (Wildman–Crippen MR) is 46.3 cm³/mol. The van der Waals surface area contributed by atoms with Crippen molar-refractivity contribution < 1.29 is 0 Å². The Bertz CT molecular complexity index is 259. The first-order chi connectivity index (χ1) is 5.24. The van der Waals surface area contributed by atoms with Gasteiger partial charge in [0.05, 0.1) is 5.71 Å². The molecule has 1 aliphatic rings. The topological polar surface area (TPSA) is 61.9 Å².